The van der Waals surface area contributed by atoms with E-state index in [0.29, 0.717) is 6.04 Å². The Labute approximate surface area is 131 Å². The van der Waals surface area contributed by atoms with E-state index in [9.17, 15) is 0 Å². The number of aryl methyl sites for hydroxylation is 2. The molecule has 112 valence electrons. The highest BCUT2D eigenvalue weighted by atomic mass is 32.1. The predicted molar refractivity (Wildman–Crippen MR) is 89.9 cm³/mol. The molecule has 0 spiro atoms. The minimum absolute atomic E-state index is 0.414. The van der Waals surface area contributed by atoms with Crippen LogP contribution < -0.4 is 5.32 Å². The zero-order chi connectivity index (χ0) is 14.8. The van der Waals surface area contributed by atoms with Crippen molar-refractivity contribution in [3.63, 3.8) is 0 Å². The van der Waals surface area contributed by atoms with Crippen LogP contribution in [0.25, 0.3) is 11.3 Å². The second-order valence-corrected chi connectivity index (χ2v) is 6.80. The minimum Gasteiger partial charge on any atom is -0.314 e. The lowest BCUT2D eigenvalue weighted by atomic mass is 10.1. The number of rotatable bonds is 3. The third kappa shape index (κ3) is 3.34. The first-order valence-electron chi connectivity index (χ1n) is 7.62. The zero-order valence-corrected chi connectivity index (χ0v) is 13.8. The summed E-state index contributed by atoms with van der Waals surface area (Å²) in [4.78, 5) is 7.41. The first kappa shape index (κ1) is 14.7. The lowest BCUT2D eigenvalue weighted by Gasteiger charge is -2.31. The first-order chi connectivity index (χ1) is 10.1. The quantitative estimate of drug-likeness (QED) is 0.942. The highest BCUT2D eigenvalue weighted by Gasteiger charge is 2.20. The SMILES string of the molecule is Cc1cc(C)cc(-c2csc(C(C)N3CCNCC3)n2)c1. The third-order valence-corrected chi connectivity index (χ3v) is 5.11. The highest BCUT2D eigenvalue weighted by molar-refractivity contribution is 7.10. The summed E-state index contributed by atoms with van der Waals surface area (Å²) in [5, 5.41) is 6.83. The van der Waals surface area contributed by atoms with Gasteiger partial charge < -0.3 is 5.32 Å². The van der Waals surface area contributed by atoms with Crippen LogP contribution in [-0.2, 0) is 0 Å². The molecule has 1 atom stereocenters. The van der Waals surface area contributed by atoms with E-state index in [1.807, 2.05) is 0 Å². The Morgan fingerprint density at radius 3 is 2.48 bits per heavy atom. The highest BCUT2D eigenvalue weighted by Crippen LogP contribution is 2.29. The molecule has 2 heterocycles. The molecule has 2 aromatic rings. The second kappa shape index (κ2) is 6.26. The molecule has 1 aromatic carbocycles. The Morgan fingerprint density at radius 2 is 1.81 bits per heavy atom. The average molecular weight is 301 g/mol. The molecule has 3 rings (SSSR count). The van der Waals surface area contributed by atoms with Gasteiger partial charge in [-0.1, -0.05) is 17.2 Å². The number of nitrogens with zero attached hydrogens (tertiary/aromatic N) is 2. The fourth-order valence-corrected chi connectivity index (χ4v) is 3.88. The van der Waals surface area contributed by atoms with Gasteiger partial charge in [-0.3, -0.25) is 4.90 Å². The van der Waals surface area contributed by atoms with Gasteiger partial charge in [-0.15, -0.1) is 11.3 Å². The third-order valence-electron chi connectivity index (χ3n) is 4.10. The topological polar surface area (TPSA) is 28.2 Å². The van der Waals surface area contributed by atoms with E-state index in [-0.39, 0.29) is 0 Å². The molecular weight excluding hydrogens is 278 g/mol. The van der Waals surface area contributed by atoms with Gasteiger partial charge in [-0.05, 0) is 32.9 Å². The van der Waals surface area contributed by atoms with Gasteiger partial charge in [0.2, 0.25) is 0 Å². The summed E-state index contributed by atoms with van der Waals surface area (Å²) in [6.07, 6.45) is 0. The maximum atomic E-state index is 4.89. The first-order valence-corrected chi connectivity index (χ1v) is 8.50. The summed E-state index contributed by atoms with van der Waals surface area (Å²) in [7, 11) is 0. The van der Waals surface area contributed by atoms with E-state index in [4.69, 9.17) is 4.98 Å². The summed E-state index contributed by atoms with van der Waals surface area (Å²) in [5.41, 5.74) is 4.95. The maximum Gasteiger partial charge on any atom is 0.110 e. The van der Waals surface area contributed by atoms with E-state index < -0.39 is 0 Å². The zero-order valence-electron chi connectivity index (χ0n) is 13.0. The molecule has 3 nitrogen and oxygen atoms in total. The summed E-state index contributed by atoms with van der Waals surface area (Å²) < 4.78 is 0. The molecule has 4 heteroatoms. The normalized spacial score (nSPS) is 17.9. The lowest BCUT2D eigenvalue weighted by Crippen LogP contribution is -2.44. The van der Waals surface area contributed by atoms with Crippen molar-refractivity contribution in [3.8, 4) is 11.3 Å². The number of hydrogen-bond donors (Lipinski definition) is 1. The summed E-state index contributed by atoms with van der Waals surface area (Å²) >= 11 is 1.78. The van der Waals surface area contributed by atoms with Gasteiger partial charge in [-0.2, -0.15) is 0 Å². The molecule has 1 unspecified atom stereocenters. The van der Waals surface area contributed by atoms with Gasteiger partial charge in [0, 0.05) is 37.1 Å². The predicted octanol–water partition coefficient (Wildman–Crippen LogP) is 3.39. The van der Waals surface area contributed by atoms with Gasteiger partial charge >= 0.3 is 0 Å². The van der Waals surface area contributed by atoms with Crippen molar-refractivity contribution in [1.82, 2.24) is 15.2 Å². The van der Waals surface area contributed by atoms with E-state index in [2.05, 4.69) is 54.6 Å². The molecule has 0 bridgehead atoms. The van der Waals surface area contributed by atoms with Crippen LogP contribution >= 0.6 is 11.3 Å². The Hall–Kier alpha value is -1.23. The average Bonchev–Trinajstić information content (AvgIpc) is 2.96. The van der Waals surface area contributed by atoms with Gasteiger partial charge in [0.15, 0.2) is 0 Å². The van der Waals surface area contributed by atoms with Crippen LogP contribution in [0.1, 0.15) is 29.1 Å². The number of thiazole rings is 1. The Bertz CT molecular complexity index is 594. The number of piperazine rings is 1. The number of benzene rings is 1. The lowest BCUT2D eigenvalue weighted by molar-refractivity contribution is 0.185. The summed E-state index contributed by atoms with van der Waals surface area (Å²) in [6, 6.07) is 7.07. The summed E-state index contributed by atoms with van der Waals surface area (Å²) in [6.45, 7) is 11.0. The van der Waals surface area contributed by atoms with Gasteiger partial charge in [0.05, 0.1) is 11.7 Å². The molecule has 1 N–H and O–H groups in total. The fraction of sp³-hybridized carbons (Fsp3) is 0.471. The summed E-state index contributed by atoms with van der Waals surface area (Å²) in [5.74, 6) is 0. The van der Waals surface area contributed by atoms with Gasteiger partial charge in [0.1, 0.15) is 5.01 Å². The van der Waals surface area contributed by atoms with Crippen LogP contribution in [0.2, 0.25) is 0 Å². The molecule has 0 saturated carbocycles. The van der Waals surface area contributed by atoms with Crippen molar-refractivity contribution in [2.75, 3.05) is 26.2 Å². The van der Waals surface area contributed by atoms with E-state index in [1.165, 1.54) is 21.7 Å². The molecule has 1 saturated heterocycles. The Kier molecular flexibility index (Phi) is 4.38. The van der Waals surface area contributed by atoms with Crippen molar-refractivity contribution in [1.29, 1.82) is 0 Å². The smallest absolute Gasteiger partial charge is 0.110 e. The number of hydrogen-bond acceptors (Lipinski definition) is 4. The molecular formula is C17H23N3S. The molecule has 1 aromatic heterocycles. The largest absolute Gasteiger partial charge is 0.314 e. The van der Waals surface area contributed by atoms with Crippen molar-refractivity contribution in [3.05, 3.63) is 39.7 Å². The van der Waals surface area contributed by atoms with Crippen LogP contribution in [0.4, 0.5) is 0 Å². The van der Waals surface area contributed by atoms with Crippen LogP contribution in [0.15, 0.2) is 23.6 Å². The van der Waals surface area contributed by atoms with E-state index >= 15 is 0 Å². The number of nitrogens with one attached hydrogen (secondary N) is 1. The fourth-order valence-electron chi connectivity index (χ4n) is 2.96. The minimum atomic E-state index is 0.414. The Morgan fingerprint density at radius 1 is 1.14 bits per heavy atom. The van der Waals surface area contributed by atoms with Crippen molar-refractivity contribution < 1.29 is 0 Å². The molecule has 1 aliphatic rings. The molecule has 1 aliphatic heterocycles. The van der Waals surface area contributed by atoms with Crippen LogP contribution in [0.5, 0.6) is 0 Å². The van der Waals surface area contributed by atoms with E-state index in [0.717, 1.165) is 31.9 Å². The van der Waals surface area contributed by atoms with Gasteiger partial charge in [0.25, 0.3) is 0 Å². The second-order valence-electron chi connectivity index (χ2n) is 5.91. The number of aromatic nitrogens is 1. The molecule has 0 amide bonds. The molecule has 0 radical (unpaired) electrons. The maximum absolute atomic E-state index is 4.89. The van der Waals surface area contributed by atoms with Crippen LogP contribution in [0.3, 0.4) is 0 Å². The molecule has 0 aliphatic carbocycles. The molecule has 21 heavy (non-hydrogen) atoms. The van der Waals surface area contributed by atoms with Crippen LogP contribution in [0, 0.1) is 13.8 Å². The molecule has 1 fully saturated rings. The van der Waals surface area contributed by atoms with Crippen LogP contribution in [-0.4, -0.2) is 36.1 Å². The Balaban J connectivity index is 1.82. The standard InChI is InChI=1S/C17H23N3S/c1-12-8-13(2)10-15(9-12)16-11-21-17(19-16)14(3)20-6-4-18-5-7-20/h8-11,14,18H,4-7H2,1-3H3. The van der Waals surface area contributed by atoms with Crippen molar-refractivity contribution in [2.45, 2.75) is 26.8 Å². The monoisotopic (exact) mass is 301 g/mol. The van der Waals surface area contributed by atoms with E-state index in [1.54, 1.807) is 11.3 Å². The van der Waals surface area contributed by atoms with Gasteiger partial charge in [-0.25, -0.2) is 4.98 Å². The van der Waals surface area contributed by atoms with Crippen molar-refractivity contribution in [2.24, 2.45) is 0 Å². The van der Waals surface area contributed by atoms with Crippen molar-refractivity contribution >= 4 is 11.3 Å².